The number of benzene rings is 1. The molecule has 0 aliphatic carbocycles. The number of carbonyl (C=O) groups excluding carboxylic acids is 2. The third-order valence-corrected chi connectivity index (χ3v) is 1.93. The van der Waals surface area contributed by atoms with Gasteiger partial charge in [0.2, 0.25) is 0 Å². The highest BCUT2D eigenvalue weighted by atomic mass is 16.5. The van der Waals surface area contributed by atoms with Gasteiger partial charge in [-0.2, -0.15) is 0 Å². The highest BCUT2D eigenvalue weighted by Gasteiger charge is 2.15. The van der Waals surface area contributed by atoms with Crippen LogP contribution in [0.4, 0.5) is 10.5 Å². The number of rotatable bonds is 3. The normalized spacial score (nSPS) is 11.4. The fourth-order valence-corrected chi connectivity index (χ4v) is 1.12. The van der Waals surface area contributed by atoms with Gasteiger partial charge in [0.1, 0.15) is 6.04 Å². The Balaban J connectivity index is 2.45. The first kappa shape index (κ1) is 12.0. The fourth-order valence-electron chi connectivity index (χ4n) is 1.12. The van der Waals surface area contributed by atoms with Crippen LogP contribution in [0.5, 0.6) is 0 Å². The molecule has 0 heterocycles. The summed E-state index contributed by atoms with van der Waals surface area (Å²) in [6.45, 7) is 1.55. The van der Waals surface area contributed by atoms with Gasteiger partial charge in [-0.3, -0.25) is 0 Å². The van der Waals surface area contributed by atoms with E-state index in [0.717, 1.165) is 0 Å². The summed E-state index contributed by atoms with van der Waals surface area (Å²) in [5.74, 6) is -0.483. The van der Waals surface area contributed by atoms with E-state index in [2.05, 4.69) is 15.4 Å². The summed E-state index contributed by atoms with van der Waals surface area (Å²) in [5, 5.41) is 5.05. The quantitative estimate of drug-likeness (QED) is 0.759. The van der Waals surface area contributed by atoms with Gasteiger partial charge >= 0.3 is 12.0 Å². The topological polar surface area (TPSA) is 67.4 Å². The van der Waals surface area contributed by atoms with Crippen molar-refractivity contribution in [2.75, 3.05) is 12.4 Å². The van der Waals surface area contributed by atoms with Crippen molar-refractivity contribution < 1.29 is 14.3 Å². The zero-order chi connectivity index (χ0) is 12.0. The minimum absolute atomic E-state index is 0.441. The lowest BCUT2D eigenvalue weighted by Gasteiger charge is -2.12. The second-order valence-electron chi connectivity index (χ2n) is 3.21. The van der Waals surface area contributed by atoms with Crippen molar-refractivity contribution in [2.45, 2.75) is 13.0 Å². The molecule has 2 amide bonds. The number of anilines is 1. The molecule has 86 valence electrons. The molecule has 0 fully saturated rings. The molecule has 0 saturated carbocycles. The number of methoxy groups -OCH3 is 1. The molecule has 5 heteroatoms. The molecule has 1 aromatic rings. The molecule has 0 radical (unpaired) electrons. The Morgan fingerprint density at radius 1 is 1.25 bits per heavy atom. The lowest BCUT2D eigenvalue weighted by Crippen LogP contribution is -2.41. The average molecular weight is 222 g/mol. The summed E-state index contributed by atoms with van der Waals surface area (Å²) >= 11 is 0. The maximum Gasteiger partial charge on any atom is 0.328 e. The van der Waals surface area contributed by atoms with E-state index < -0.39 is 18.0 Å². The molecule has 0 aliphatic heterocycles. The van der Waals surface area contributed by atoms with E-state index in [1.807, 2.05) is 6.07 Å². The number of hydrogen-bond donors (Lipinski definition) is 2. The lowest BCUT2D eigenvalue weighted by atomic mass is 10.3. The van der Waals surface area contributed by atoms with E-state index in [1.165, 1.54) is 7.11 Å². The molecule has 0 aliphatic rings. The Morgan fingerprint density at radius 2 is 1.88 bits per heavy atom. The second kappa shape index (κ2) is 5.75. The van der Waals surface area contributed by atoms with Crippen LogP contribution in [0.15, 0.2) is 30.3 Å². The van der Waals surface area contributed by atoms with Crippen LogP contribution < -0.4 is 10.6 Å². The molecule has 0 aromatic heterocycles. The van der Waals surface area contributed by atoms with Crippen LogP contribution in [0.3, 0.4) is 0 Å². The van der Waals surface area contributed by atoms with Gasteiger partial charge in [0, 0.05) is 5.69 Å². The molecule has 1 unspecified atom stereocenters. The Morgan fingerprint density at radius 3 is 2.44 bits per heavy atom. The Hall–Kier alpha value is -2.04. The van der Waals surface area contributed by atoms with E-state index in [0.29, 0.717) is 5.69 Å². The number of nitrogens with one attached hydrogen (secondary N) is 2. The van der Waals surface area contributed by atoms with Gasteiger partial charge in [0.25, 0.3) is 0 Å². The Kier molecular flexibility index (Phi) is 4.32. The first-order valence-electron chi connectivity index (χ1n) is 4.84. The number of urea groups is 1. The summed E-state index contributed by atoms with van der Waals surface area (Å²) in [6, 6.07) is 7.85. The third-order valence-electron chi connectivity index (χ3n) is 1.93. The van der Waals surface area contributed by atoms with Crippen molar-refractivity contribution in [3.63, 3.8) is 0 Å². The fraction of sp³-hybridized carbons (Fsp3) is 0.273. The van der Waals surface area contributed by atoms with Gasteiger partial charge in [-0.15, -0.1) is 0 Å². The van der Waals surface area contributed by atoms with E-state index in [4.69, 9.17) is 0 Å². The zero-order valence-electron chi connectivity index (χ0n) is 9.19. The number of hydrogen-bond acceptors (Lipinski definition) is 3. The van der Waals surface area contributed by atoms with Gasteiger partial charge in [0.15, 0.2) is 0 Å². The molecule has 0 saturated heterocycles. The molecule has 0 bridgehead atoms. The maximum atomic E-state index is 11.4. The minimum atomic E-state index is -0.672. The van der Waals surface area contributed by atoms with Crippen molar-refractivity contribution in [3.05, 3.63) is 30.3 Å². The summed E-state index contributed by atoms with van der Waals surface area (Å²) in [5.41, 5.74) is 0.664. The molecule has 16 heavy (non-hydrogen) atoms. The molecule has 5 nitrogen and oxygen atoms in total. The number of ether oxygens (including phenoxy) is 1. The predicted molar refractivity (Wildman–Crippen MR) is 60.1 cm³/mol. The number of carbonyl (C=O) groups is 2. The molecular formula is C11H14N2O3. The standard InChI is InChI=1S/C11H14N2O3/c1-8(10(14)16-2)12-11(15)13-9-6-4-3-5-7-9/h3-8H,1-2H3,(H2,12,13,15). The summed E-state index contributed by atoms with van der Waals surface area (Å²) in [4.78, 5) is 22.4. The second-order valence-corrected chi connectivity index (χ2v) is 3.21. The first-order valence-corrected chi connectivity index (χ1v) is 4.84. The van der Waals surface area contributed by atoms with E-state index in [-0.39, 0.29) is 0 Å². The predicted octanol–water partition coefficient (Wildman–Crippen LogP) is 1.37. The minimum Gasteiger partial charge on any atom is -0.467 e. The number of para-hydroxylation sites is 1. The Bertz CT molecular complexity index is 365. The van der Waals surface area contributed by atoms with Crippen molar-refractivity contribution >= 4 is 17.7 Å². The molecule has 1 atom stereocenters. The smallest absolute Gasteiger partial charge is 0.328 e. The molecule has 0 spiro atoms. The Labute approximate surface area is 93.8 Å². The van der Waals surface area contributed by atoms with Crippen LogP contribution in [-0.4, -0.2) is 25.2 Å². The summed E-state index contributed by atoms with van der Waals surface area (Å²) < 4.78 is 4.48. The SMILES string of the molecule is COC(=O)C(C)NC(=O)Nc1ccccc1. The van der Waals surface area contributed by atoms with Crippen molar-refractivity contribution in [1.82, 2.24) is 5.32 Å². The lowest BCUT2D eigenvalue weighted by molar-refractivity contribution is -0.142. The van der Waals surface area contributed by atoms with Gasteiger partial charge < -0.3 is 15.4 Å². The van der Waals surface area contributed by atoms with Gasteiger partial charge in [-0.05, 0) is 19.1 Å². The van der Waals surface area contributed by atoms with E-state index in [9.17, 15) is 9.59 Å². The third kappa shape index (κ3) is 3.61. The van der Waals surface area contributed by atoms with Crippen molar-refractivity contribution in [1.29, 1.82) is 0 Å². The van der Waals surface area contributed by atoms with Crippen LogP contribution in [-0.2, 0) is 9.53 Å². The summed E-state index contributed by atoms with van der Waals surface area (Å²) in [6.07, 6.45) is 0. The van der Waals surface area contributed by atoms with Crippen LogP contribution in [0.1, 0.15) is 6.92 Å². The van der Waals surface area contributed by atoms with Crippen LogP contribution in [0.25, 0.3) is 0 Å². The highest BCUT2D eigenvalue weighted by Crippen LogP contribution is 2.04. The van der Waals surface area contributed by atoms with E-state index in [1.54, 1.807) is 31.2 Å². The molecule has 1 aromatic carbocycles. The monoisotopic (exact) mass is 222 g/mol. The van der Waals surface area contributed by atoms with Crippen LogP contribution in [0.2, 0.25) is 0 Å². The first-order chi connectivity index (χ1) is 7.63. The average Bonchev–Trinajstić information content (AvgIpc) is 2.29. The molecular weight excluding hydrogens is 208 g/mol. The van der Waals surface area contributed by atoms with Crippen LogP contribution >= 0.6 is 0 Å². The maximum absolute atomic E-state index is 11.4. The largest absolute Gasteiger partial charge is 0.467 e. The number of esters is 1. The highest BCUT2D eigenvalue weighted by molar-refractivity contribution is 5.92. The number of amides is 2. The van der Waals surface area contributed by atoms with Crippen LogP contribution in [0, 0.1) is 0 Å². The van der Waals surface area contributed by atoms with Gasteiger partial charge in [-0.25, -0.2) is 9.59 Å². The summed E-state index contributed by atoms with van der Waals surface area (Å²) in [7, 11) is 1.27. The molecule has 2 N–H and O–H groups in total. The van der Waals surface area contributed by atoms with Gasteiger partial charge in [-0.1, -0.05) is 18.2 Å². The zero-order valence-corrected chi connectivity index (χ0v) is 9.19. The van der Waals surface area contributed by atoms with E-state index >= 15 is 0 Å². The van der Waals surface area contributed by atoms with Crippen molar-refractivity contribution in [2.24, 2.45) is 0 Å². The van der Waals surface area contributed by atoms with Crippen molar-refractivity contribution in [3.8, 4) is 0 Å². The molecule has 1 rings (SSSR count). The van der Waals surface area contributed by atoms with Gasteiger partial charge in [0.05, 0.1) is 7.11 Å².